The van der Waals surface area contributed by atoms with Crippen LogP contribution in [0.3, 0.4) is 0 Å². The van der Waals surface area contributed by atoms with Crippen LogP contribution in [0.4, 0.5) is 5.82 Å². The third-order valence-corrected chi connectivity index (χ3v) is 3.60. The van der Waals surface area contributed by atoms with Gasteiger partial charge in [0.2, 0.25) is 0 Å². The SMILES string of the molecule is NNc1ncccc1CN(CCCO)C1CCC1. The maximum absolute atomic E-state index is 8.98. The van der Waals surface area contributed by atoms with Crippen LogP contribution in [-0.2, 0) is 6.54 Å². The molecule has 1 aliphatic carbocycles. The Kier molecular flexibility index (Phi) is 4.92. The molecule has 0 atom stereocenters. The number of pyridine rings is 1. The summed E-state index contributed by atoms with van der Waals surface area (Å²) in [6.07, 6.45) is 6.39. The van der Waals surface area contributed by atoms with Crippen molar-refractivity contribution in [3.05, 3.63) is 23.9 Å². The first-order chi connectivity index (χ1) is 8.85. The van der Waals surface area contributed by atoms with E-state index < -0.39 is 0 Å². The van der Waals surface area contributed by atoms with Gasteiger partial charge < -0.3 is 10.5 Å². The number of nitrogens with zero attached hydrogens (tertiary/aromatic N) is 2. The van der Waals surface area contributed by atoms with E-state index in [1.807, 2.05) is 12.1 Å². The summed E-state index contributed by atoms with van der Waals surface area (Å²) < 4.78 is 0. The van der Waals surface area contributed by atoms with Crippen molar-refractivity contribution in [2.24, 2.45) is 5.84 Å². The minimum atomic E-state index is 0.248. The summed E-state index contributed by atoms with van der Waals surface area (Å²) in [7, 11) is 0. The molecule has 0 saturated heterocycles. The molecule has 2 rings (SSSR count). The van der Waals surface area contributed by atoms with E-state index in [1.54, 1.807) is 6.20 Å². The Labute approximate surface area is 108 Å². The van der Waals surface area contributed by atoms with Gasteiger partial charge in [-0.1, -0.05) is 12.5 Å². The average molecular weight is 250 g/mol. The second kappa shape index (κ2) is 6.68. The standard InChI is InChI=1S/C13H22N4O/c14-16-13-11(4-2-7-15-13)10-17(8-3-9-18)12-5-1-6-12/h2,4,7,12,18H,1,3,5-6,8-10,14H2,(H,15,16). The molecule has 0 unspecified atom stereocenters. The molecule has 1 aromatic heterocycles. The molecule has 0 radical (unpaired) electrons. The van der Waals surface area contributed by atoms with Crippen LogP contribution < -0.4 is 11.3 Å². The van der Waals surface area contributed by atoms with Gasteiger partial charge in [-0.3, -0.25) is 4.90 Å². The van der Waals surface area contributed by atoms with Gasteiger partial charge in [-0.15, -0.1) is 0 Å². The van der Waals surface area contributed by atoms with E-state index in [0.717, 1.165) is 30.9 Å². The lowest BCUT2D eigenvalue weighted by molar-refractivity contribution is 0.109. The molecule has 5 heteroatoms. The Balaban J connectivity index is 2.02. The number of aliphatic hydroxyl groups excluding tert-OH is 1. The highest BCUT2D eigenvalue weighted by Crippen LogP contribution is 2.27. The van der Waals surface area contributed by atoms with Gasteiger partial charge in [0.25, 0.3) is 0 Å². The molecule has 1 aliphatic rings. The number of aliphatic hydroxyl groups is 1. The predicted molar refractivity (Wildman–Crippen MR) is 71.8 cm³/mol. The topological polar surface area (TPSA) is 74.4 Å². The van der Waals surface area contributed by atoms with Crippen LogP contribution >= 0.6 is 0 Å². The molecule has 18 heavy (non-hydrogen) atoms. The average Bonchev–Trinajstić information content (AvgIpc) is 2.34. The van der Waals surface area contributed by atoms with E-state index in [-0.39, 0.29) is 6.61 Å². The number of aromatic nitrogens is 1. The quantitative estimate of drug-likeness (QED) is 0.499. The fourth-order valence-electron chi connectivity index (χ4n) is 2.33. The van der Waals surface area contributed by atoms with E-state index in [9.17, 15) is 0 Å². The number of nitrogens with one attached hydrogen (secondary N) is 1. The zero-order valence-corrected chi connectivity index (χ0v) is 10.7. The van der Waals surface area contributed by atoms with Crippen molar-refractivity contribution in [1.29, 1.82) is 0 Å². The molecule has 4 N–H and O–H groups in total. The Morgan fingerprint density at radius 3 is 2.94 bits per heavy atom. The summed E-state index contributed by atoms with van der Waals surface area (Å²) >= 11 is 0. The molecule has 0 amide bonds. The second-order valence-corrected chi connectivity index (χ2v) is 4.79. The zero-order chi connectivity index (χ0) is 12.8. The molecule has 1 heterocycles. The number of nitrogens with two attached hydrogens (primary N) is 1. The van der Waals surface area contributed by atoms with Crippen LogP contribution in [0.15, 0.2) is 18.3 Å². The molecule has 1 fully saturated rings. The fraction of sp³-hybridized carbons (Fsp3) is 0.615. The van der Waals surface area contributed by atoms with E-state index in [0.29, 0.717) is 6.04 Å². The third-order valence-electron chi connectivity index (χ3n) is 3.60. The molecule has 1 aromatic rings. The molecular formula is C13H22N4O. The summed E-state index contributed by atoms with van der Waals surface area (Å²) in [6, 6.07) is 4.64. The molecular weight excluding hydrogens is 228 g/mol. The van der Waals surface area contributed by atoms with Crippen molar-refractivity contribution in [2.45, 2.75) is 38.3 Å². The fourth-order valence-corrected chi connectivity index (χ4v) is 2.33. The van der Waals surface area contributed by atoms with Crippen molar-refractivity contribution in [1.82, 2.24) is 9.88 Å². The van der Waals surface area contributed by atoms with E-state index in [2.05, 4.69) is 15.3 Å². The van der Waals surface area contributed by atoms with Gasteiger partial charge in [0.15, 0.2) is 0 Å². The van der Waals surface area contributed by atoms with Gasteiger partial charge in [0.1, 0.15) is 5.82 Å². The van der Waals surface area contributed by atoms with Gasteiger partial charge in [-0.2, -0.15) is 0 Å². The number of nitrogen functional groups attached to an aromatic ring is 1. The summed E-state index contributed by atoms with van der Waals surface area (Å²) in [5.41, 5.74) is 3.76. The summed E-state index contributed by atoms with van der Waals surface area (Å²) in [6.45, 7) is 2.02. The van der Waals surface area contributed by atoms with E-state index in [4.69, 9.17) is 10.9 Å². The van der Waals surface area contributed by atoms with Crippen LogP contribution in [0.5, 0.6) is 0 Å². The highest BCUT2D eigenvalue weighted by Gasteiger charge is 2.25. The van der Waals surface area contributed by atoms with Crippen LogP contribution in [0, 0.1) is 0 Å². The van der Waals surface area contributed by atoms with Crippen LogP contribution in [0.1, 0.15) is 31.2 Å². The highest BCUT2D eigenvalue weighted by molar-refractivity contribution is 5.42. The number of hydrogen-bond donors (Lipinski definition) is 3. The van der Waals surface area contributed by atoms with Gasteiger partial charge in [-0.25, -0.2) is 10.8 Å². The first-order valence-corrected chi connectivity index (χ1v) is 6.60. The van der Waals surface area contributed by atoms with Gasteiger partial charge in [-0.05, 0) is 25.3 Å². The van der Waals surface area contributed by atoms with E-state index in [1.165, 1.54) is 19.3 Å². The van der Waals surface area contributed by atoms with Crippen molar-refractivity contribution < 1.29 is 5.11 Å². The maximum atomic E-state index is 8.98. The minimum Gasteiger partial charge on any atom is -0.396 e. The molecule has 100 valence electrons. The zero-order valence-electron chi connectivity index (χ0n) is 10.7. The largest absolute Gasteiger partial charge is 0.396 e. The molecule has 1 saturated carbocycles. The molecule has 0 spiro atoms. The maximum Gasteiger partial charge on any atom is 0.144 e. The Hall–Kier alpha value is -1.17. The van der Waals surface area contributed by atoms with Crippen LogP contribution in [-0.4, -0.2) is 34.2 Å². The molecule has 0 bridgehead atoms. The summed E-state index contributed by atoms with van der Waals surface area (Å²) in [5, 5.41) is 8.98. The first-order valence-electron chi connectivity index (χ1n) is 6.60. The molecule has 5 nitrogen and oxygen atoms in total. The first kappa shape index (κ1) is 13.3. The normalized spacial score (nSPS) is 15.7. The lowest BCUT2D eigenvalue weighted by Crippen LogP contribution is -2.40. The van der Waals surface area contributed by atoms with Crippen molar-refractivity contribution >= 4 is 5.82 Å². The molecule has 0 aliphatic heterocycles. The number of hydrazine groups is 1. The van der Waals surface area contributed by atoms with Crippen molar-refractivity contribution in [2.75, 3.05) is 18.6 Å². The van der Waals surface area contributed by atoms with Crippen molar-refractivity contribution in [3.8, 4) is 0 Å². The van der Waals surface area contributed by atoms with Crippen LogP contribution in [0.25, 0.3) is 0 Å². The van der Waals surface area contributed by atoms with Gasteiger partial charge in [0, 0.05) is 37.5 Å². The molecule has 0 aromatic carbocycles. The monoisotopic (exact) mass is 250 g/mol. The van der Waals surface area contributed by atoms with Crippen LogP contribution in [0.2, 0.25) is 0 Å². The summed E-state index contributed by atoms with van der Waals surface area (Å²) in [5.74, 6) is 6.22. The third kappa shape index (κ3) is 3.19. The number of anilines is 1. The minimum absolute atomic E-state index is 0.248. The predicted octanol–water partition coefficient (Wildman–Crippen LogP) is 1.10. The Morgan fingerprint density at radius 2 is 2.33 bits per heavy atom. The van der Waals surface area contributed by atoms with Gasteiger partial charge >= 0.3 is 0 Å². The lowest BCUT2D eigenvalue weighted by atomic mass is 9.91. The highest BCUT2D eigenvalue weighted by atomic mass is 16.3. The summed E-state index contributed by atoms with van der Waals surface area (Å²) in [4.78, 5) is 6.65. The second-order valence-electron chi connectivity index (χ2n) is 4.79. The van der Waals surface area contributed by atoms with Gasteiger partial charge in [0.05, 0.1) is 0 Å². The van der Waals surface area contributed by atoms with Crippen molar-refractivity contribution in [3.63, 3.8) is 0 Å². The lowest BCUT2D eigenvalue weighted by Gasteiger charge is -2.37. The van der Waals surface area contributed by atoms with E-state index >= 15 is 0 Å². The smallest absolute Gasteiger partial charge is 0.144 e. The number of hydrogen-bond acceptors (Lipinski definition) is 5. The number of rotatable bonds is 7. The Morgan fingerprint density at radius 1 is 1.50 bits per heavy atom. The Bertz CT molecular complexity index is 368.